The topological polar surface area (TPSA) is 95.5 Å². The first kappa shape index (κ1) is 16.5. The number of benzene rings is 2. The molecule has 3 aromatic rings. The van der Waals surface area contributed by atoms with Crippen LogP contribution in [-0.4, -0.2) is 22.5 Å². The van der Waals surface area contributed by atoms with Crippen molar-refractivity contribution in [2.75, 3.05) is 6.61 Å². The molecule has 0 atom stereocenters. The molecule has 0 fully saturated rings. The van der Waals surface area contributed by atoms with E-state index in [9.17, 15) is 14.9 Å². The van der Waals surface area contributed by atoms with Crippen LogP contribution in [0.5, 0.6) is 0 Å². The van der Waals surface area contributed by atoms with E-state index in [0.717, 1.165) is 6.07 Å². The zero-order valence-electron chi connectivity index (χ0n) is 12.6. The average molecular weight is 357 g/mol. The third kappa shape index (κ3) is 3.29. The minimum Gasteiger partial charge on any atom is -0.449 e. The van der Waals surface area contributed by atoms with Crippen molar-refractivity contribution in [2.24, 2.45) is 0 Å². The Morgan fingerprint density at radius 2 is 2.20 bits per heavy atom. The predicted molar refractivity (Wildman–Crippen MR) is 90.2 cm³/mol. The van der Waals surface area contributed by atoms with Crippen LogP contribution in [0.3, 0.4) is 0 Å². The van der Waals surface area contributed by atoms with Gasteiger partial charge in [0.25, 0.3) is 5.69 Å². The molecule has 0 aliphatic heterocycles. The molecule has 0 saturated carbocycles. The molecule has 0 unspecified atom stereocenters. The first-order valence-electron chi connectivity index (χ1n) is 6.95. The Labute approximate surface area is 146 Å². The summed E-state index contributed by atoms with van der Waals surface area (Å²) in [5.74, 6) is 1.49. The highest BCUT2D eigenvalue weighted by Crippen LogP contribution is 2.31. The Morgan fingerprint density at radius 1 is 1.40 bits per heavy atom. The van der Waals surface area contributed by atoms with E-state index >= 15 is 0 Å². The lowest BCUT2D eigenvalue weighted by atomic mass is 10.1. The summed E-state index contributed by atoms with van der Waals surface area (Å²) in [5, 5.41) is 11.6. The molecule has 0 saturated heterocycles. The molecule has 1 aromatic heterocycles. The number of esters is 1. The second-order valence-corrected chi connectivity index (χ2v) is 5.34. The second-order valence-electron chi connectivity index (χ2n) is 4.91. The van der Waals surface area contributed by atoms with Crippen molar-refractivity contribution in [2.45, 2.75) is 0 Å². The molecule has 124 valence electrons. The second kappa shape index (κ2) is 6.63. The largest absolute Gasteiger partial charge is 0.449 e. The number of carbonyl (C=O) groups excluding carboxylic acids is 1. The van der Waals surface area contributed by atoms with Gasteiger partial charge >= 0.3 is 5.97 Å². The quantitative estimate of drug-likeness (QED) is 0.305. The van der Waals surface area contributed by atoms with E-state index in [-0.39, 0.29) is 34.8 Å². The van der Waals surface area contributed by atoms with Gasteiger partial charge in [-0.2, -0.15) is 0 Å². The minimum absolute atomic E-state index is 0.0718. The molecule has 0 bridgehead atoms. The van der Waals surface area contributed by atoms with Gasteiger partial charge in [-0.1, -0.05) is 23.6 Å². The first-order chi connectivity index (χ1) is 12.0. The van der Waals surface area contributed by atoms with Crippen molar-refractivity contribution in [1.29, 1.82) is 0 Å². The number of nitro benzene ring substituents is 1. The number of nitrogens with zero attached hydrogens (tertiary/aromatic N) is 2. The average Bonchev–Trinajstić information content (AvgIpc) is 3.02. The Bertz CT molecular complexity index is 1040. The lowest BCUT2D eigenvalue weighted by molar-refractivity contribution is -0.384. The van der Waals surface area contributed by atoms with Crippen LogP contribution in [0.4, 0.5) is 5.69 Å². The van der Waals surface area contributed by atoms with Crippen molar-refractivity contribution in [3.63, 3.8) is 0 Å². The summed E-state index contributed by atoms with van der Waals surface area (Å²) in [6.45, 7) is -0.266. The van der Waals surface area contributed by atoms with E-state index < -0.39 is 10.9 Å². The number of ether oxygens (including phenoxy) is 1. The van der Waals surface area contributed by atoms with Gasteiger partial charge in [0.15, 0.2) is 12.2 Å². The van der Waals surface area contributed by atoms with E-state index in [1.807, 2.05) is 0 Å². The van der Waals surface area contributed by atoms with Crippen LogP contribution in [0.2, 0.25) is 5.02 Å². The molecule has 0 N–H and O–H groups in total. The summed E-state index contributed by atoms with van der Waals surface area (Å²) in [6, 6.07) is 9.00. The van der Waals surface area contributed by atoms with Gasteiger partial charge < -0.3 is 9.15 Å². The lowest BCUT2D eigenvalue weighted by Gasteiger charge is -2.01. The molecular weight excluding hydrogens is 348 g/mol. The maximum atomic E-state index is 12.1. The van der Waals surface area contributed by atoms with Crippen LogP contribution in [0.25, 0.3) is 22.6 Å². The summed E-state index contributed by atoms with van der Waals surface area (Å²) in [7, 11) is 0. The SMILES string of the molecule is C#CCOC(=O)c1cc([N+](=O)[O-])cc2nc(-c3cccc(Cl)c3)oc12. The lowest BCUT2D eigenvalue weighted by Crippen LogP contribution is -2.06. The van der Waals surface area contributed by atoms with Crippen LogP contribution in [0.1, 0.15) is 10.4 Å². The van der Waals surface area contributed by atoms with E-state index in [1.165, 1.54) is 6.07 Å². The molecule has 0 aliphatic rings. The Morgan fingerprint density at radius 3 is 2.88 bits per heavy atom. The van der Waals surface area contributed by atoms with Gasteiger partial charge in [0.05, 0.1) is 4.92 Å². The van der Waals surface area contributed by atoms with Gasteiger partial charge in [-0.15, -0.1) is 6.42 Å². The fourth-order valence-corrected chi connectivity index (χ4v) is 2.40. The monoisotopic (exact) mass is 356 g/mol. The zero-order chi connectivity index (χ0) is 18.0. The third-order valence-corrected chi connectivity index (χ3v) is 3.50. The van der Waals surface area contributed by atoms with Crippen LogP contribution >= 0.6 is 11.6 Å². The van der Waals surface area contributed by atoms with E-state index in [1.54, 1.807) is 24.3 Å². The van der Waals surface area contributed by atoms with Gasteiger partial charge in [-0.25, -0.2) is 9.78 Å². The predicted octanol–water partition coefficient (Wildman–Crippen LogP) is 3.85. The summed E-state index contributed by atoms with van der Waals surface area (Å²) in [4.78, 5) is 26.8. The van der Waals surface area contributed by atoms with Crippen molar-refractivity contribution >= 4 is 34.4 Å². The van der Waals surface area contributed by atoms with Gasteiger partial charge in [0.1, 0.15) is 11.1 Å². The van der Waals surface area contributed by atoms with E-state index in [4.69, 9.17) is 27.2 Å². The summed E-state index contributed by atoms with van der Waals surface area (Å²) < 4.78 is 10.5. The number of hydrogen-bond acceptors (Lipinski definition) is 6. The molecule has 25 heavy (non-hydrogen) atoms. The van der Waals surface area contributed by atoms with Crippen molar-refractivity contribution in [1.82, 2.24) is 4.98 Å². The number of oxazole rings is 1. The van der Waals surface area contributed by atoms with Crippen LogP contribution < -0.4 is 0 Å². The number of terminal acetylenes is 1. The molecule has 0 radical (unpaired) electrons. The van der Waals surface area contributed by atoms with Crippen LogP contribution in [0, 0.1) is 22.5 Å². The van der Waals surface area contributed by atoms with E-state index in [0.29, 0.717) is 10.6 Å². The number of fused-ring (bicyclic) bond motifs is 1. The van der Waals surface area contributed by atoms with Gasteiger partial charge in [0, 0.05) is 22.7 Å². The van der Waals surface area contributed by atoms with Crippen molar-refractivity contribution in [3.05, 3.63) is 57.1 Å². The van der Waals surface area contributed by atoms with Crippen LogP contribution in [-0.2, 0) is 4.74 Å². The Balaban J connectivity index is 2.18. The maximum absolute atomic E-state index is 12.1. The smallest absolute Gasteiger partial charge is 0.343 e. The summed E-state index contributed by atoms with van der Waals surface area (Å²) >= 11 is 5.95. The highest BCUT2D eigenvalue weighted by atomic mass is 35.5. The molecule has 0 spiro atoms. The third-order valence-electron chi connectivity index (χ3n) is 3.26. The molecule has 7 nitrogen and oxygen atoms in total. The molecule has 0 amide bonds. The molecule has 1 heterocycles. The van der Waals surface area contributed by atoms with Gasteiger partial charge in [-0.05, 0) is 18.2 Å². The number of halogens is 1. The molecule has 2 aromatic carbocycles. The van der Waals surface area contributed by atoms with Gasteiger partial charge in [-0.3, -0.25) is 10.1 Å². The molecule has 3 rings (SSSR count). The molecular formula is C17H9ClN2O5. The number of rotatable bonds is 4. The van der Waals surface area contributed by atoms with E-state index in [2.05, 4.69) is 10.9 Å². The standard InChI is InChI=1S/C17H9ClN2O5/c1-2-6-24-17(21)13-8-12(20(22)23)9-14-15(13)25-16(19-14)10-4-3-5-11(18)7-10/h1,3-5,7-9H,6H2. The Kier molecular flexibility index (Phi) is 4.37. The highest BCUT2D eigenvalue weighted by Gasteiger charge is 2.23. The summed E-state index contributed by atoms with van der Waals surface area (Å²) in [6.07, 6.45) is 5.06. The maximum Gasteiger partial charge on any atom is 0.343 e. The number of non-ortho nitro benzene ring substituents is 1. The fourth-order valence-electron chi connectivity index (χ4n) is 2.20. The normalized spacial score (nSPS) is 10.4. The first-order valence-corrected chi connectivity index (χ1v) is 7.33. The molecule has 0 aliphatic carbocycles. The number of nitro groups is 1. The van der Waals surface area contributed by atoms with Gasteiger partial charge in [0.2, 0.25) is 5.89 Å². The van der Waals surface area contributed by atoms with Crippen molar-refractivity contribution < 1.29 is 18.9 Å². The fraction of sp³-hybridized carbons (Fsp3) is 0.0588. The zero-order valence-corrected chi connectivity index (χ0v) is 13.3. The number of carbonyl (C=O) groups is 1. The summed E-state index contributed by atoms with van der Waals surface area (Å²) in [5.41, 5.74) is 0.347. The van der Waals surface area contributed by atoms with Crippen LogP contribution in [0.15, 0.2) is 40.8 Å². The molecule has 8 heteroatoms. The highest BCUT2D eigenvalue weighted by molar-refractivity contribution is 6.30. The number of aromatic nitrogens is 1. The number of hydrogen-bond donors (Lipinski definition) is 0. The Hall–Kier alpha value is -3.37. The van der Waals surface area contributed by atoms with Crippen molar-refractivity contribution in [3.8, 4) is 23.8 Å². The minimum atomic E-state index is -0.833.